The molecule has 0 heterocycles. The zero-order valence-electron chi connectivity index (χ0n) is 10.5. The first-order valence-electron chi connectivity index (χ1n) is 6.37. The summed E-state index contributed by atoms with van der Waals surface area (Å²) in [5.41, 5.74) is 8.92. The maximum Gasteiger partial charge on any atom is 0.343 e. The topological polar surface area (TPSA) is 52.3 Å². The Kier molecular flexibility index (Phi) is 3.05. The first-order chi connectivity index (χ1) is 9.22. The fourth-order valence-electron chi connectivity index (χ4n) is 2.43. The van der Waals surface area contributed by atoms with E-state index < -0.39 is 0 Å². The highest BCUT2D eigenvalue weighted by Crippen LogP contribution is 2.26. The molecule has 0 radical (unpaired) electrons. The average molecular weight is 253 g/mol. The SMILES string of the molecule is NC1Cc2ccc(OC(=O)c3ccccc3)cc2C1. The molecule has 0 aromatic heterocycles. The molecule has 3 rings (SSSR count). The second-order valence-electron chi connectivity index (χ2n) is 4.85. The van der Waals surface area contributed by atoms with Crippen molar-refractivity contribution < 1.29 is 9.53 Å². The molecule has 3 heteroatoms. The van der Waals surface area contributed by atoms with Crippen molar-refractivity contribution in [2.45, 2.75) is 18.9 Å². The lowest BCUT2D eigenvalue weighted by molar-refractivity contribution is 0.0734. The predicted molar refractivity (Wildman–Crippen MR) is 73.2 cm³/mol. The van der Waals surface area contributed by atoms with Crippen molar-refractivity contribution in [3.05, 3.63) is 65.2 Å². The van der Waals surface area contributed by atoms with Gasteiger partial charge in [-0.3, -0.25) is 0 Å². The summed E-state index contributed by atoms with van der Waals surface area (Å²) in [5.74, 6) is 0.254. The number of nitrogens with two attached hydrogens (primary N) is 1. The van der Waals surface area contributed by atoms with Crippen LogP contribution in [0.3, 0.4) is 0 Å². The summed E-state index contributed by atoms with van der Waals surface area (Å²) in [6, 6.07) is 14.9. The van der Waals surface area contributed by atoms with E-state index in [0.29, 0.717) is 11.3 Å². The molecule has 96 valence electrons. The minimum Gasteiger partial charge on any atom is -0.423 e. The van der Waals surface area contributed by atoms with E-state index in [-0.39, 0.29) is 12.0 Å². The average Bonchev–Trinajstić information content (AvgIpc) is 2.79. The van der Waals surface area contributed by atoms with Crippen molar-refractivity contribution in [1.29, 1.82) is 0 Å². The van der Waals surface area contributed by atoms with Gasteiger partial charge in [0.25, 0.3) is 0 Å². The van der Waals surface area contributed by atoms with Gasteiger partial charge < -0.3 is 10.5 Å². The molecular weight excluding hydrogens is 238 g/mol. The van der Waals surface area contributed by atoms with Crippen LogP contribution in [0.25, 0.3) is 0 Å². The van der Waals surface area contributed by atoms with Crippen LogP contribution in [0.2, 0.25) is 0 Å². The normalized spacial score (nSPS) is 17.0. The molecule has 1 unspecified atom stereocenters. The lowest BCUT2D eigenvalue weighted by atomic mass is 10.1. The van der Waals surface area contributed by atoms with E-state index in [4.69, 9.17) is 10.5 Å². The summed E-state index contributed by atoms with van der Waals surface area (Å²) in [4.78, 5) is 11.9. The summed E-state index contributed by atoms with van der Waals surface area (Å²) >= 11 is 0. The number of carbonyl (C=O) groups excluding carboxylic acids is 1. The van der Waals surface area contributed by atoms with Crippen molar-refractivity contribution in [2.24, 2.45) is 5.73 Å². The van der Waals surface area contributed by atoms with Gasteiger partial charge in [0.1, 0.15) is 5.75 Å². The maximum absolute atomic E-state index is 11.9. The highest BCUT2D eigenvalue weighted by Gasteiger charge is 2.19. The minimum absolute atomic E-state index is 0.190. The Bertz CT molecular complexity index is 607. The second kappa shape index (κ2) is 4.86. The number of carbonyl (C=O) groups is 1. The molecule has 0 saturated carbocycles. The summed E-state index contributed by atoms with van der Waals surface area (Å²) in [6.07, 6.45) is 1.76. The largest absolute Gasteiger partial charge is 0.423 e. The molecule has 1 aliphatic rings. The molecule has 1 aliphatic carbocycles. The summed E-state index contributed by atoms with van der Waals surface area (Å²) in [5, 5.41) is 0. The second-order valence-corrected chi connectivity index (χ2v) is 4.85. The molecule has 0 bridgehead atoms. The quantitative estimate of drug-likeness (QED) is 0.660. The van der Waals surface area contributed by atoms with Crippen LogP contribution >= 0.6 is 0 Å². The van der Waals surface area contributed by atoms with Crippen LogP contribution in [0.1, 0.15) is 21.5 Å². The number of rotatable bonds is 2. The van der Waals surface area contributed by atoms with Crippen LogP contribution < -0.4 is 10.5 Å². The fourth-order valence-corrected chi connectivity index (χ4v) is 2.43. The molecule has 3 nitrogen and oxygen atoms in total. The van der Waals surface area contributed by atoms with Gasteiger partial charge in [0.2, 0.25) is 0 Å². The van der Waals surface area contributed by atoms with Crippen LogP contribution in [0.5, 0.6) is 5.75 Å². The molecule has 2 aromatic carbocycles. The van der Waals surface area contributed by atoms with Crippen molar-refractivity contribution in [3.8, 4) is 5.75 Å². The molecule has 2 N–H and O–H groups in total. The van der Waals surface area contributed by atoms with Crippen molar-refractivity contribution in [3.63, 3.8) is 0 Å². The maximum atomic E-state index is 11.9. The van der Waals surface area contributed by atoms with Crippen molar-refractivity contribution in [2.75, 3.05) is 0 Å². The molecular formula is C16H15NO2. The fraction of sp³-hybridized carbons (Fsp3) is 0.188. The van der Waals surface area contributed by atoms with Gasteiger partial charge in [0, 0.05) is 6.04 Å². The predicted octanol–water partition coefficient (Wildman–Crippen LogP) is 2.33. The number of esters is 1. The highest BCUT2D eigenvalue weighted by atomic mass is 16.5. The van der Waals surface area contributed by atoms with E-state index in [1.165, 1.54) is 11.1 Å². The van der Waals surface area contributed by atoms with Crippen molar-refractivity contribution >= 4 is 5.97 Å². The van der Waals surface area contributed by atoms with Crippen molar-refractivity contribution in [1.82, 2.24) is 0 Å². The molecule has 0 saturated heterocycles. The lowest BCUT2D eigenvalue weighted by Gasteiger charge is -2.06. The number of ether oxygens (including phenoxy) is 1. The first kappa shape index (κ1) is 11.9. The van der Waals surface area contributed by atoms with E-state index in [1.807, 2.05) is 36.4 Å². The van der Waals surface area contributed by atoms with Gasteiger partial charge in [0.15, 0.2) is 0 Å². The van der Waals surface area contributed by atoms with Crippen LogP contribution in [0, 0.1) is 0 Å². The number of fused-ring (bicyclic) bond motifs is 1. The Morgan fingerprint density at radius 3 is 2.58 bits per heavy atom. The number of benzene rings is 2. The third-order valence-corrected chi connectivity index (χ3v) is 3.36. The molecule has 1 atom stereocenters. The Balaban J connectivity index is 1.78. The van der Waals surface area contributed by atoms with Gasteiger partial charge in [-0.25, -0.2) is 4.79 Å². The summed E-state index contributed by atoms with van der Waals surface area (Å²) in [6.45, 7) is 0. The van der Waals surface area contributed by atoms with Gasteiger partial charge in [-0.1, -0.05) is 24.3 Å². The van der Waals surface area contributed by atoms with Gasteiger partial charge in [-0.05, 0) is 48.2 Å². The van der Waals surface area contributed by atoms with E-state index in [2.05, 4.69) is 0 Å². The van der Waals surface area contributed by atoms with E-state index in [1.54, 1.807) is 12.1 Å². The zero-order valence-corrected chi connectivity index (χ0v) is 10.5. The van der Waals surface area contributed by atoms with Gasteiger partial charge in [0.05, 0.1) is 5.56 Å². The Labute approximate surface area is 112 Å². The zero-order chi connectivity index (χ0) is 13.2. The van der Waals surface area contributed by atoms with Gasteiger partial charge in [-0.2, -0.15) is 0 Å². The molecule has 0 spiro atoms. The number of hydrogen-bond acceptors (Lipinski definition) is 3. The third-order valence-electron chi connectivity index (χ3n) is 3.36. The van der Waals surface area contributed by atoms with Gasteiger partial charge >= 0.3 is 5.97 Å². The van der Waals surface area contributed by atoms with Crippen LogP contribution in [-0.4, -0.2) is 12.0 Å². The van der Waals surface area contributed by atoms with Gasteiger partial charge in [-0.15, -0.1) is 0 Å². The van der Waals surface area contributed by atoms with Crippen LogP contribution in [0.4, 0.5) is 0 Å². The third kappa shape index (κ3) is 2.51. The van der Waals surface area contributed by atoms with E-state index >= 15 is 0 Å². The first-order valence-corrected chi connectivity index (χ1v) is 6.37. The Morgan fingerprint density at radius 1 is 1.05 bits per heavy atom. The van der Waals surface area contributed by atoms with E-state index in [9.17, 15) is 4.79 Å². The monoisotopic (exact) mass is 253 g/mol. The highest BCUT2D eigenvalue weighted by molar-refractivity contribution is 5.90. The molecule has 2 aromatic rings. The van der Waals surface area contributed by atoms with Crippen LogP contribution in [0.15, 0.2) is 48.5 Å². The van der Waals surface area contributed by atoms with Crippen LogP contribution in [-0.2, 0) is 12.8 Å². The molecule has 0 aliphatic heterocycles. The minimum atomic E-state index is -0.331. The molecule has 19 heavy (non-hydrogen) atoms. The standard InChI is InChI=1S/C16H15NO2/c17-14-8-12-6-7-15(10-13(12)9-14)19-16(18)11-4-2-1-3-5-11/h1-7,10,14H,8-9,17H2. The summed E-state index contributed by atoms with van der Waals surface area (Å²) in [7, 11) is 0. The Morgan fingerprint density at radius 2 is 1.79 bits per heavy atom. The molecule has 0 amide bonds. The lowest BCUT2D eigenvalue weighted by Crippen LogP contribution is -2.18. The Hall–Kier alpha value is -2.13. The van der Waals surface area contributed by atoms with E-state index in [0.717, 1.165) is 12.8 Å². The summed E-state index contributed by atoms with van der Waals surface area (Å²) < 4.78 is 5.38. The molecule has 0 fully saturated rings. The smallest absolute Gasteiger partial charge is 0.343 e. The number of hydrogen-bond donors (Lipinski definition) is 1.